The van der Waals surface area contributed by atoms with Gasteiger partial charge in [-0.1, -0.05) is 45.1 Å². The van der Waals surface area contributed by atoms with Crippen LogP contribution < -0.4 is 5.32 Å². The predicted molar refractivity (Wildman–Crippen MR) is 149 cm³/mol. The molecule has 1 unspecified atom stereocenters. The summed E-state index contributed by atoms with van der Waals surface area (Å²) in [4.78, 5) is 11.9. The zero-order valence-electron chi connectivity index (χ0n) is 23.7. The van der Waals surface area contributed by atoms with Crippen LogP contribution in [0.15, 0.2) is 18.2 Å². The molecule has 37 heavy (non-hydrogen) atoms. The molecule has 1 amide bonds. The van der Waals surface area contributed by atoms with Gasteiger partial charge in [0.15, 0.2) is 0 Å². The molecule has 3 N–H and O–H groups in total. The molecule has 3 aliphatic rings. The Morgan fingerprint density at radius 3 is 2.57 bits per heavy atom. The highest BCUT2D eigenvalue weighted by atomic mass is 16.5. The highest BCUT2D eigenvalue weighted by Gasteiger charge is 2.57. The summed E-state index contributed by atoms with van der Waals surface area (Å²) in [6.07, 6.45) is 13.4. The van der Waals surface area contributed by atoms with Gasteiger partial charge in [0.25, 0.3) is 0 Å². The molecule has 208 valence electrons. The van der Waals surface area contributed by atoms with Crippen molar-refractivity contribution in [1.82, 2.24) is 5.32 Å². The normalized spacial score (nSPS) is 31.5. The molecule has 0 heterocycles. The third-order valence-electron chi connectivity index (χ3n) is 9.92. The van der Waals surface area contributed by atoms with Crippen molar-refractivity contribution >= 4 is 5.91 Å². The minimum Gasteiger partial charge on any atom is -0.508 e. The van der Waals surface area contributed by atoms with Crippen LogP contribution in [0.5, 0.6) is 5.75 Å². The number of nitrogens with one attached hydrogen (secondary N) is 1. The van der Waals surface area contributed by atoms with Gasteiger partial charge in [-0.2, -0.15) is 0 Å². The van der Waals surface area contributed by atoms with Gasteiger partial charge in [-0.15, -0.1) is 0 Å². The lowest BCUT2D eigenvalue weighted by Gasteiger charge is -2.54. The molecule has 1 aromatic rings. The molecular weight excluding hydrogens is 462 g/mol. The summed E-state index contributed by atoms with van der Waals surface area (Å²) in [6, 6.07) is 6.24. The third-order valence-corrected chi connectivity index (χ3v) is 9.92. The summed E-state index contributed by atoms with van der Waals surface area (Å²) in [5, 5.41) is 23.9. The van der Waals surface area contributed by atoms with Crippen molar-refractivity contribution in [2.24, 2.45) is 23.2 Å². The number of fused-ring (bicyclic) bond motifs is 5. The van der Waals surface area contributed by atoms with Crippen molar-refractivity contribution in [3.05, 3.63) is 29.3 Å². The van der Waals surface area contributed by atoms with Crippen molar-refractivity contribution < 1.29 is 19.7 Å². The van der Waals surface area contributed by atoms with Gasteiger partial charge in [0.05, 0.1) is 6.10 Å². The molecule has 0 spiro atoms. The number of unbranched alkanes of at least 4 members (excludes halogenated alkanes) is 5. The first-order chi connectivity index (χ1) is 17.7. The molecule has 2 fully saturated rings. The lowest BCUT2D eigenvalue weighted by molar-refractivity contribution is -0.132. The smallest absolute Gasteiger partial charge is 0.249 e. The molecule has 5 nitrogen and oxygen atoms in total. The van der Waals surface area contributed by atoms with Crippen molar-refractivity contribution in [2.75, 3.05) is 6.61 Å². The monoisotopic (exact) mass is 513 g/mol. The van der Waals surface area contributed by atoms with E-state index in [2.05, 4.69) is 18.3 Å². The van der Waals surface area contributed by atoms with Crippen LogP contribution in [0.3, 0.4) is 0 Å². The highest BCUT2D eigenvalue weighted by molar-refractivity contribution is 5.80. The molecule has 1 aromatic carbocycles. The van der Waals surface area contributed by atoms with Crippen LogP contribution in [0, 0.1) is 23.2 Å². The fourth-order valence-corrected chi connectivity index (χ4v) is 8.08. The number of amides is 1. The lowest BCUT2D eigenvalue weighted by Crippen LogP contribution is -2.47. The Bertz CT molecular complexity index is 901. The van der Waals surface area contributed by atoms with E-state index < -0.39 is 0 Å². The maximum Gasteiger partial charge on any atom is 0.249 e. The zero-order chi connectivity index (χ0) is 26.6. The fraction of sp³-hybridized carbons (Fsp3) is 0.781. The van der Waals surface area contributed by atoms with E-state index in [1.807, 2.05) is 32.9 Å². The van der Waals surface area contributed by atoms with Gasteiger partial charge in [0.2, 0.25) is 5.91 Å². The Labute approximate surface area is 224 Å². The fourth-order valence-electron chi connectivity index (χ4n) is 8.08. The van der Waals surface area contributed by atoms with Crippen molar-refractivity contribution in [1.29, 1.82) is 0 Å². The second-order valence-electron chi connectivity index (χ2n) is 12.9. The minimum absolute atomic E-state index is 0.0253. The Hall–Kier alpha value is -1.59. The van der Waals surface area contributed by atoms with Gasteiger partial charge in [-0.05, 0) is 118 Å². The number of rotatable bonds is 12. The molecule has 2 saturated carbocycles. The SMILES string of the molecule is CC(C)NC(=O)C(C)OCCCCCCCC[C@H]1C[C@]2(C)[C@@H](O)CC[C@H]2[C@@H]2CCc3cc(O)ccc3[C@@H]12. The molecule has 4 rings (SSSR count). The molecule has 0 saturated heterocycles. The van der Waals surface area contributed by atoms with E-state index in [4.69, 9.17) is 4.74 Å². The van der Waals surface area contributed by atoms with E-state index in [1.165, 1.54) is 56.1 Å². The third kappa shape index (κ3) is 6.53. The predicted octanol–water partition coefficient (Wildman–Crippen LogP) is 6.50. The number of phenolic OH excluding ortho intramolecular Hbond substituents is 1. The summed E-state index contributed by atoms with van der Waals surface area (Å²) in [7, 11) is 0. The van der Waals surface area contributed by atoms with Crippen LogP contribution in [0.25, 0.3) is 0 Å². The second-order valence-corrected chi connectivity index (χ2v) is 12.9. The number of carbonyl (C=O) groups is 1. The van der Waals surface area contributed by atoms with E-state index in [-0.39, 0.29) is 29.6 Å². The van der Waals surface area contributed by atoms with Gasteiger partial charge in [0.1, 0.15) is 11.9 Å². The van der Waals surface area contributed by atoms with Crippen molar-refractivity contribution in [3.63, 3.8) is 0 Å². The number of aryl methyl sites for hydroxylation is 1. The first-order valence-electron chi connectivity index (χ1n) is 15.1. The van der Waals surface area contributed by atoms with Crippen LogP contribution in [0.2, 0.25) is 0 Å². The van der Waals surface area contributed by atoms with Crippen molar-refractivity contribution in [3.8, 4) is 5.75 Å². The first kappa shape index (κ1) is 28.4. The lowest BCUT2D eigenvalue weighted by atomic mass is 9.51. The van der Waals surface area contributed by atoms with E-state index in [0.717, 1.165) is 32.1 Å². The standard InChI is InChI=1S/C32H51NO4/c1-21(2)33-31(36)22(3)37-18-10-8-6-5-7-9-11-24-20-32(4)28(16-17-29(32)35)27-14-12-23-19-25(34)13-15-26(23)30(24)27/h13,15,19,21-22,24,27-30,34-35H,5-12,14,16-18,20H2,1-4H3,(H,33,36)/t22?,24-,27-,28-,29-,30+,32-/m0/s1. The van der Waals surface area contributed by atoms with E-state index in [9.17, 15) is 15.0 Å². The maximum atomic E-state index is 11.9. The number of hydrogen-bond donors (Lipinski definition) is 3. The minimum atomic E-state index is -0.379. The van der Waals surface area contributed by atoms with Gasteiger partial charge in [-0.25, -0.2) is 0 Å². The number of aromatic hydroxyl groups is 1. The Morgan fingerprint density at radius 2 is 1.81 bits per heavy atom. The Morgan fingerprint density at radius 1 is 1.08 bits per heavy atom. The van der Waals surface area contributed by atoms with E-state index >= 15 is 0 Å². The number of ether oxygens (including phenoxy) is 1. The van der Waals surface area contributed by atoms with Crippen LogP contribution in [0.1, 0.15) is 115 Å². The zero-order valence-corrected chi connectivity index (χ0v) is 23.7. The quantitative estimate of drug-likeness (QED) is 0.279. The molecule has 3 aliphatic carbocycles. The average molecular weight is 514 g/mol. The highest BCUT2D eigenvalue weighted by Crippen LogP contribution is 2.63. The van der Waals surface area contributed by atoms with Crippen molar-refractivity contribution in [2.45, 2.75) is 129 Å². The van der Waals surface area contributed by atoms with Gasteiger partial charge >= 0.3 is 0 Å². The molecule has 0 bridgehead atoms. The second kappa shape index (κ2) is 12.5. The van der Waals surface area contributed by atoms with Crippen LogP contribution in [-0.4, -0.2) is 41.0 Å². The van der Waals surface area contributed by atoms with Gasteiger partial charge in [-0.3, -0.25) is 4.79 Å². The van der Waals surface area contributed by atoms with E-state index in [0.29, 0.717) is 36.0 Å². The van der Waals surface area contributed by atoms with Crippen LogP contribution in [-0.2, 0) is 16.0 Å². The molecule has 0 radical (unpaired) electrons. The number of aliphatic hydroxyl groups is 1. The Kier molecular flexibility index (Phi) is 9.61. The van der Waals surface area contributed by atoms with Crippen LogP contribution in [0.4, 0.5) is 0 Å². The number of benzene rings is 1. The number of hydrogen-bond acceptors (Lipinski definition) is 4. The summed E-state index contributed by atoms with van der Waals surface area (Å²) < 4.78 is 5.70. The number of aliphatic hydroxyl groups excluding tert-OH is 1. The van der Waals surface area contributed by atoms with Gasteiger partial charge < -0.3 is 20.3 Å². The Balaban J connectivity index is 1.23. The molecule has 7 atom stereocenters. The largest absolute Gasteiger partial charge is 0.508 e. The van der Waals surface area contributed by atoms with Gasteiger partial charge in [0, 0.05) is 12.6 Å². The summed E-state index contributed by atoms with van der Waals surface area (Å²) in [5.74, 6) is 2.87. The first-order valence-corrected chi connectivity index (χ1v) is 15.1. The summed E-state index contributed by atoms with van der Waals surface area (Å²) >= 11 is 0. The van der Waals surface area contributed by atoms with E-state index in [1.54, 1.807) is 0 Å². The topological polar surface area (TPSA) is 78.8 Å². The molecular formula is C32H51NO4. The summed E-state index contributed by atoms with van der Waals surface area (Å²) in [5.41, 5.74) is 2.91. The molecule has 5 heteroatoms. The number of phenols is 1. The molecule has 0 aliphatic heterocycles. The number of carbonyl (C=O) groups excluding carboxylic acids is 1. The average Bonchev–Trinajstić information content (AvgIpc) is 3.15. The maximum absolute atomic E-state index is 11.9. The molecule has 0 aromatic heterocycles. The van der Waals surface area contributed by atoms with Crippen LogP contribution >= 0.6 is 0 Å². The summed E-state index contributed by atoms with van der Waals surface area (Å²) in [6.45, 7) is 8.78.